The van der Waals surface area contributed by atoms with Crippen molar-refractivity contribution in [3.8, 4) is 0 Å². The van der Waals surface area contributed by atoms with Crippen LogP contribution in [0.1, 0.15) is 64.0 Å². The Morgan fingerprint density at radius 3 is 2.70 bits per heavy atom. The van der Waals surface area contributed by atoms with Crippen LogP contribution in [0.15, 0.2) is 58.6 Å². The second-order valence-electron chi connectivity index (χ2n) is 7.94. The van der Waals surface area contributed by atoms with Crippen LogP contribution in [0.3, 0.4) is 0 Å². The van der Waals surface area contributed by atoms with Crippen molar-refractivity contribution in [2.75, 3.05) is 5.32 Å². The Morgan fingerprint density at radius 2 is 2.03 bits per heavy atom. The maximum atomic E-state index is 6.43. The summed E-state index contributed by atoms with van der Waals surface area (Å²) in [6.45, 7) is 10.9. The van der Waals surface area contributed by atoms with Gasteiger partial charge in [-0.2, -0.15) is 0 Å². The van der Waals surface area contributed by atoms with Gasteiger partial charge < -0.3 is 5.32 Å². The van der Waals surface area contributed by atoms with E-state index in [2.05, 4.69) is 32.2 Å². The molecule has 0 aliphatic rings. The number of aliphatic imine (C=N–C) groups is 1. The molecule has 1 aromatic heterocycles. The molecule has 0 fully saturated rings. The quantitative estimate of drug-likeness (QED) is 0.256. The van der Waals surface area contributed by atoms with Gasteiger partial charge in [-0.15, -0.1) is 0 Å². The van der Waals surface area contributed by atoms with Crippen molar-refractivity contribution < 1.29 is 0 Å². The first-order valence-corrected chi connectivity index (χ1v) is 12.2. The van der Waals surface area contributed by atoms with Gasteiger partial charge in [-0.05, 0) is 62.5 Å². The van der Waals surface area contributed by atoms with Gasteiger partial charge in [0.05, 0.1) is 5.69 Å². The molecule has 2 rings (SSSR count). The topological polar surface area (TPSA) is 50.2 Å². The van der Waals surface area contributed by atoms with E-state index in [-0.39, 0.29) is 0 Å². The summed E-state index contributed by atoms with van der Waals surface area (Å²) >= 11 is 12.6. The third-order valence-corrected chi connectivity index (χ3v) is 5.57. The number of hydrogen-bond acceptors (Lipinski definition) is 4. The van der Waals surface area contributed by atoms with Crippen LogP contribution in [0.5, 0.6) is 0 Å². The summed E-state index contributed by atoms with van der Waals surface area (Å²) in [5.74, 6) is 1.66. The molecule has 0 spiro atoms. The van der Waals surface area contributed by atoms with E-state index >= 15 is 0 Å². The summed E-state index contributed by atoms with van der Waals surface area (Å²) in [7, 11) is 0. The van der Waals surface area contributed by atoms with Crippen LogP contribution in [0.25, 0.3) is 5.57 Å². The number of nitrogens with zero attached hydrogens (tertiary/aromatic N) is 3. The molecule has 1 atom stereocenters. The highest BCUT2D eigenvalue weighted by molar-refractivity contribution is 6.31. The number of halogens is 2. The van der Waals surface area contributed by atoms with Gasteiger partial charge in [0.1, 0.15) is 5.69 Å². The third kappa shape index (κ3) is 8.79. The van der Waals surface area contributed by atoms with E-state index in [9.17, 15) is 0 Å². The molecule has 0 aliphatic carbocycles. The molecule has 0 bridgehead atoms. The van der Waals surface area contributed by atoms with Crippen molar-refractivity contribution in [3.05, 3.63) is 75.7 Å². The Labute approximate surface area is 208 Å². The molecule has 0 aliphatic heterocycles. The molecule has 1 heterocycles. The fraction of sp³-hybridized carbons (Fsp3) is 0.370. The third-order valence-electron chi connectivity index (χ3n) is 5.10. The SMILES string of the molecule is C\C=C(/C=C(Cl)\C=C\CCC)c1nc(C)c(N=CC(C)CC)c(NCc2cccc(Cl)c2)n1. The Hall–Kier alpha value is -2.43. The highest BCUT2D eigenvalue weighted by Gasteiger charge is 2.13. The van der Waals surface area contributed by atoms with E-state index in [1.165, 1.54) is 0 Å². The number of allylic oxidation sites excluding steroid dienone is 6. The Bertz CT molecular complexity index is 1040. The molecular formula is C27H34Cl2N4. The number of aromatic nitrogens is 2. The summed E-state index contributed by atoms with van der Waals surface area (Å²) in [5, 5.41) is 4.78. The van der Waals surface area contributed by atoms with Gasteiger partial charge in [0, 0.05) is 28.4 Å². The lowest BCUT2D eigenvalue weighted by molar-refractivity contribution is 0.754. The number of anilines is 1. The zero-order chi connectivity index (χ0) is 24.2. The lowest BCUT2D eigenvalue weighted by Gasteiger charge is -2.13. The standard InChI is InChI=1S/C27H34Cl2N4/c1-6-9-10-13-24(29)16-22(8-3)26-32-20(5)25(30-17-19(4)7-2)27(33-26)31-18-21-12-11-14-23(28)15-21/h8,10-17,19H,6-7,9,18H2,1-5H3,(H,31,32,33)/b13-10+,22-8+,24-16+,30-17?. The van der Waals surface area contributed by atoms with Crippen molar-refractivity contribution in [2.24, 2.45) is 10.9 Å². The molecule has 0 radical (unpaired) electrons. The molecule has 6 heteroatoms. The van der Waals surface area contributed by atoms with E-state index in [1.807, 2.05) is 62.6 Å². The van der Waals surface area contributed by atoms with Crippen LogP contribution < -0.4 is 5.32 Å². The van der Waals surface area contributed by atoms with Crippen molar-refractivity contribution in [1.29, 1.82) is 0 Å². The van der Waals surface area contributed by atoms with Crippen LogP contribution >= 0.6 is 23.2 Å². The summed E-state index contributed by atoms with van der Waals surface area (Å²) in [4.78, 5) is 14.3. The summed E-state index contributed by atoms with van der Waals surface area (Å²) < 4.78 is 0. The number of rotatable bonds is 11. The number of aryl methyl sites for hydroxylation is 1. The first-order valence-electron chi connectivity index (χ1n) is 11.5. The molecular weight excluding hydrogens is 451 g/mol. The predicted octanol–water partition coefficient (Wildman–Crippen LogP) is 8.68. The molecule has 1 aromatic carbocycles. The van der Waals surface area contributed by atoms with Crippen LogP contribution in [-0.2, 0) is 6.54 Å². The smallest absolute Gasteiger partial charge is 0.161 e. The van der Waals surface area contributed by atoms with Gasteiger partial charge >= 0.3 is 0 Å². The summed E-state index contributed by atoms with van der Waals surface area (Å²) in [5.41, 5.74) is 3.47. The minimum atomic E-state index is 0.368. The average molecular weight is 486 g/mol. The van der Waals surface area contributed by atoms with E-state index < -0.39 is 0 Å². The average Bonchev–Trinajstić information content (AvgIpc) is 2.80. The Morgan fingerprint density at radius 1 is 1.24 bits per heavy atom. The maximum Gasteiger partial charge on any atom is 0.161 e. The molecule has 1 unspecified atom stereocenters. The molecule has 1 N–H and O–H groups in total. The van der Waals surface area contributed by atoms with Gasteiger partial charge in [0.25, 0.3) is 0 Å². The van der Waals surface area contributed by atoms with E-state index in [4.69, 9.17) is 38.2 Å². The molecule has 0 amide bonds. The first-order chi connectivity index (χ1) is 15.9. The largest absolute Gasteiger partial charge is 0.364 e. The molecule has 176 valence electrons. The van der Waals surface area contributed by atoms with Crippen LogP contribution in [0.4, 0.5) is 11.5 Å². The van der Waals surface area contributed by atoms with Crippen molar-refractivity contribution in [2.45, 2.75) is 60.4 Å². The highest BCUT2D eigenvalue weighted by atomic mass is 35.5. The molecule has 2 aromatic rings. The zero-order valence-corrected chi connectivity index (χ0v) is 21.7. The Kier molecular flexibility index (Phi) is 11.4. The number of benzene rings is 1. The van der Waals surface area contributed by atoms with Crippen LogP contribution in [0.2, 0.25) is 5.02 Å². The molecule has 4 nitrogen and oxygen atoms in total. The number of unbranched alkanes of at least 4 members (excludes halogenated alkanes) is 1. The van der Waals surface area contributed by atoms with E-state index in [0.29, 0.717) is 34.2 Å². The zero-order valence-electron chi connectivity index (χ0n) is 20.2. The monoisotopic (exact) mass is 484 g/mol. The van der Waals surface area contributed by atoms with Gasteiger partial charge in [-0.1, -0.05) is 74.7 Å². The second-order valence-corrected chi connectivity index (χ2v) is 8.81. The van der Waals surface area contributed by atoms with E-state index in [1.54, 1.807) is 0 Å². The lowest BCUT2D eigenvalue weighted by atomic mass is 10.1. The minimum absolute atomic E-state index is 0.368. The number of hydrogen-bond donors (Lipinski definition) is 1. The van der Waals surface area contributed by atoms with Crippen LogP contribution in [0, 0.1) is 12.8 Å². The predicted molar refractivity (Wildman–Crippen MR) is 145 cm³/mol. The van der Waals surface area contributed by atoms with Crippen LogP contribution in [-0.4, -0.2) is 16.2 Å². The minimum Gasteiger partial charge on any atom is -0.364 e. The van der Waals surface area contributed by atoms with Gasteiger partial charge in [0.2, 0.25) is 0 Å². The van der Waals surface area contributed by atoms with Gasteiger partial charge in [0.15, 0.2) is 11.6 Å². The Balaban J connectivity index is 2.44. The summed E-state index contributed by atoms with van der Waals surface area (Å²) in [6.07, 6.45) is 12.9. The van der Waals surface area contributed by atoms with E-state index in [0.717, 1.165) is 41.8 Å². The summed E-state index contributed by atoms with van der Waals surface area (Å²) in [6, 6.07) is 7.77. The molecule has 33 heavy (non-hydrogen) atoms. The van der Waals surface area contributed by atoms with Crippen molar-refractivity contribution in [3.63, 3.8) is 0 Å². The van der Waals surface area contributed by atoms with Gasteiger partial charge in [-0.25, -0.2) is 9.97 Å². The normalized spacial score (nSPS) is 13.8. The fourth-order valence-corrected chi connectivity index (χ4v) is 3.37. The number of nitrogens with one attached hydrogen (secondary N) is 1. The van der Waals surface area contributed by atoms with Crippen molar-refractivity contribution >= 4 is 46.5 Å². The van der Waals surface area contributed by atoms with Crippen molar-refractivity contribution in [1.82, 2.24) is 9.97 Å². The highest BCUT2D eigenvalue weighted by Crippen LogP contribution is 2.29. The lowest BCUT2D eigenvalue weighted by Crippen LogP contribution is -2.07. The van der Waals surface area contributed by atoms with Gasteiger partial charge in [-0.3, -0.25) is 4.99 Å². The molecule has 0 saturated carbocycles. The molecule has 0 saturated heterocycles. The fourth-order valence-electron chi connectivity index (χ4n) is 2.95. The first kappa shape index (κ1) is 26.8. The maximum absolute atomic E-state index is 6.43. The second kappa shape index (κ2) is 14.0.